The second kappa shape index (κ2) is 8.15. The van der Waals surface area contributed by atoms with Crippen molar-refractivity contribution in [2.45, 2.75) is 45.6 Å². The molecule has 0 spiro atoms. The highest BCUT2D eigenvalue weighted by Gasteiger charge is 2.19. The summed E-state index contributed by atoms with van der Waals surface area (Å²) in [6, 6.07) is 3.90. The van der Waals surface area contributed by atoms with E-state index in [0.717, 1.165) is 33.9 Å². The number of benzene rings is 1. The van der Waals surface area contributed by atoms with Crippen LogP contribution in [0.3, 0.4) is 0 Å². The van der Waals surface area contributed by atoms with Gasteiger partial charge in [-0.25, -0.2) is 9.78 Å². The van der Waals surface area contributed by atoms with Crippen molar-refractivity contribution in [3.63, 3.8) is 0 Å². The van der Waals surface area contributed by atoms with E-state index in [-0.39, 0.29) is 17.9 Å². The summed E-state index contributed by atoms with van der Waals surface area (Å²) in [7, 11) is 0. The highest BCUT2D eigenvalue weighted by Crippen LogP contribution is 2.25. The van der Waals surface area contributed by atoms with Crippen molar-refractivity contribution in [3.05, 3.63) is 42.1 Å². The number of carboxylic acid groups (broad SMARTS) is 1. The normalized spacial score (nSPS) is 11.3. The molecule has 0 saturated carbocycles. The minimum atomic E-state index is -0.785. The molecule has 0 atom stereocenters. The molecule has 2 N–H and O–H groups in total. The number of carbonyl (C=O) groups is 1. The van der Waals surface area contributed by atoms with Gasteiger partial charge < -0.3 is 9.67 Å². The SMILES string of the molecule is Cc1cc2nc3c(=O)[nH]c(=O)nc-3n(CCCCCCC(=O)O)c2cc1I. The first-order valence-electron chi connectivity index (χ1n) is 8.69. The Labute approximate surface area is 168 Å². The second-order valence-corrected chi connectivity index (χ2v) is 7.62. The molecule has 2 heterocycles. The van der Waals surface area contributed by atoms with Gasteiger partial charge in [0.05, 0.1) is 11.0 Å². The molecule has 0 aliphatic carbocycles. The van der Waals surface area contributed by atoms with Gasteiger partial charge in [0.1, 0.15) is 0 Å². The number of hydrogen-bond donors (Lipinski definition) is 2. The van der Waals surface area contributed by atoms with Crippen molar-refractivity contribution in [2.24, 2.45) is 0 Å². The number of aryl methyl sites for hydroxylation is 2. The van der Waals surface area contributed by atoms with Crippen LogP contribution in [0.25, 0.3) is 22.6 Å². The molecule has 0 bridgehead atoms. The zero-order valence-electron chi connectivity index (χ0n) is 14.8. The maximum atomic E-state index is 12.2. The molecule has 0 saturated heterocycles. The molecule has 2 aliphatic heterocycles. The summed E-state index contributed by atoms with van der Waals surface area (Å²) in [6.45, 7) is 2.54. The van der Waals surface area contributed by atoms with E-state index >= 15 is 0 Å². The molecule has 0 amide bonds. The van der Waals surface area contributed by atoms with Crippen LogP contribution in [0.4, 0.5) is 0 Å². The van der Waals surface area contributed by atoms with Gasteiger partial charge in [0, 0.05) is 16.5 Å². The van der Waals surface area contributed by atoms with Gasteiger partial charge in [0.25, 0.3) is 5.56 Å². The molecule has 142 valence electrons. The molecule has 0 radical (unpaired) electrons. The molecule has 1 aromatic carbocycles. The Balaban J connectivity index is 1.99. The number of carboxylic acids is 1. The molecule has 27 heavy (non-hydrogen) atoms. The lowest BCUT2D eigenvalue weighted by molar-refractivity contribution is -0.137. The third-order valence-electron chi connectivity index (χ3n) is 4.41. The fourth-order valence-electron chi connectivity index (χ4n) is 3.05. The standard InChI is InChI=1S/C18H19IN4O4/c1-10-8-12-13(9-11(10)19)23(7-5-3-2-4-6-14(24)25)16-15(20-12)17(26)22-18(27)21-16/h8-9H,2-7H2,1H3,(H,24,25)(H,22,26,27). The number of aromatic nitrogens is 4. The van der Waals surface area contributed by atoms with Crippen LogP contribution in [0.5, 0.6) is 0 Å². The summed E-state index contributed by atoms with van der Waals surface area (Å²) in [5.74, 6) is -0.506. The van der Waals surface area contributed by atoms with Crippen molar-refractivity contribution in [1.82, 2.24) is 19.5 Å². The highest BCUT2D eigenvalue weighted by molar-refractivity contribution is 14.1. The number of fused-ring (bicyclic) bond motifs is 2. The fraction of sp³-hybridized carbons (Fsp3) is 0.389. The van der Waals surface area contributed by atoms with Gasteiger partial charge in [-0.1, -0.05) is 12.8 Å². The van der Waals surface area contributed by atoms with Gasteiger partial charge in [-0.15, -0.1) is 0 Å². The molecular weight excluding hydrogens is 463 g/mol. The Morgan fingerprint density at radius 1 is 1.19 bits per heavy atom. The number of nitrogens with zero attached hydrogens (tertiary/aromatic N) is 3. The lowest BCUT2D eigenvalue weighted by atomic mass is 10.1. The zero-order chi connectivity index (χ0) is 19.6. The largest absolute Gasteiger partial charge is 0.481 e. The van der Waals surface area contributed by atoms with Gasteiger partial charge >= 0.3 is 11.7 Å². The first-order valence-corrected chi connectivity index (χ1v) is 9.77. The molecule has 0 aromatic heterocycles. The number of nitrogens with one attached hydrogen (secondary N) is 1. The maximum absolute atomic E-state index is 12.2. The number of unbranched alkanes of at least 4 members (excludes halogenated alkanes) is 3. The molecule has 1 aromatic rings. The van der Waals surface area contributed by atoms with Crippen LogP contribution < -0.4 is 11.2 Å². The summed E-state index contributed by atoms with van der Waals surface area (Å²) in [5, 5.41) is 8.70. The van der Waals surface area contributed by atoms with Crippen molar-refractivity contribution < 1.29 is 9.90 Å². The van der Waals surface area contributed by atoms with Crippen LogP contribution in [0.15, 0.2) is 21.7 Å². The number of rotatable bonds is 7. The van der Waals surface area contributed by atoms with E-state index in [1.807, 2.05) is 23.6 Å². The van der Waals surface area contributed by atoms with E-state index in [9.17, 15) is 14.4 Å². The van der Waals surface area contributed by atoms with Crippen LogP contribution in [0, 0.1) is 10.5 Å². The van der Waals surface area contributed by atoms with Gasteiger partial charge in [-0.3, -0.25) is 14.6 Å². The summed E-state index contributed by atoms with van der Waals surface area (Å²) in [6.07, 6.45) is 3.25. The lowest BCUT2D eigenvalue weighted by Gasteiger charge is -2.17. The first-order chi connectivity index (χ1) is 12.9. The summed E-state index contributed by atoms with van der Waals surface area (Å²) in [5.41, 5.74) is 1.47. The van der Waals surface area contributed by atoms with Crippen LogP contribution in [-0.2, 0) is 11.3 Å². The fourth-order valence-corrected chi connectivity index (χ4v) is 3.50. The monoisotopic (exact) mass is 482 g/mol. The van der Waals surface area contributed by atoms with Gasteiger partial charge in [0.2, 0.25) is 0 Å². The third kappa shape index (κ3) is 4.34. The molecule has 0 fully saturated rings. The zero-order valence-corrected chi connectivity index (χ0v) is 16.9. The number of H-pyrrole nitrogens is 1. The average molecular weight is 482 g/mol. The predicted molar refractivity (Wildman–Crippen MR) is 109 cm³/mol. The Morgan fingerprint density at radius 2 is 1.93 bits per heavy atom. The predicted octanol–water partition coefficient (Wildman–Crippen LogP) is 2.53. The van der Waals surface area contributed by atoms with Crippen LogP contribution in [0.2, 0.25) is 0 Å². The molecule has 2 aliphatic rings. The average Bonchev–Trinajstić information content (AvgIpc) is 2.59. The van der Waals surface area contributed by atoms with Gasteiger partial charge in [-0.2, -0.15) is 4.98 Å². The summed E-state index contributed by atoms with van der Waals surface area (Å²) < 4.78 is 2.93. The minimum Gasteiger partial charge on any atom is -0.481 e. The maximum Gasteiger partial charge on any atom is 0.349 e. The number of halogens is 1. The summed E-state index contributed by atoms with van der Waals surface area (Å²) in [4.78, 5) is 45.1. The van der Waals surface area contributed by atoms with Crippen LogP contribution in [-0.4, -0.2) is 30.6 Å². The van der Waals surface area contributed by atoms with Gasteiger partial charge in [0.15, 0.2) is 11.5 Å². The van der Waals surface area contributed by atoms with Crippen molar-refractivity contribution in [1.29, 1.82) is 0 Å². The summed E-state index contributed by atoms with van der Waals surface area (Å²) >= 11 is 2.24. The van der Waals surface area contributed by atoms with E-state index in [1.54, 1.807) is 0 Å². The lowest BCUT2D eigenvalue weighted by Crippen LogP contribution is -2.29. The van der Waals surface area contributed by atoms with Gasteiger partial charge in [-0.05, 0) is 60.1 Å². The Morgan fingerprint density at radius 3 is 2.67 bits per heavy atom. The molecule has 8 nitrogen and oxygen atoms in total. The Hall–Kier alpha value is -2.30. The molecule has 0 unspecified atom stereocenters. The smallest absolute Gasteiger partial charge is 0.349 e. The topological polar surface area (TPSA) is 118 Å². The van der Waals surface area contributed by atoms with Crippen LogP contribution in [0.1, 0.15) is 37.7 Å². The molecular formula is C18H19IN4O4. The third-order valence-corrected chi connectivity index (χ3v) is 5.57. The minimum absolute atomic E-state index is 0.147. The van der Waals surface area contributed by atoms with E-state index in [4.69, 9.17) is 5.11 Å². The quantitative estimate of drug-likeness (QED) is 0.304. The van der Waals surface area contributed by atoms with Crippen molar-refractivity contribution >= 4 is 39.6 Å². The first kappa shape index (κ1) is 19.5. The van der Waals surface area contributed by atoms with E-state index in [0.29, 0.717) is 18.5 Å². The van der Waals surface area contributed by atoms with Crippen LogP contribution >= 0.6 is 22.6 Å². The second-order valence-electron chi connectivity index (χ2n) is 6.45. The number of aliphatic carboxylic acids is 1. The van der Waals surface area contributed by atoms with E-state index in [2.05, 4.69) is 37.5 Å². The van der Waals surface area contributed by atoms with Crippen molar-refractivity contribution in [3.8, 4) is 11.5 Å². The Kier molecular flexibility index (Phi) is 5.88. The molecule has 9 heteroatoms. The Bertz CT molecular complexity index is 1090. The molecule has 3 rings (SSSR count). The van der Waals surface area contributed by atoms with Crippen molar-refractivity contribution in [2.75, 3.05) is 0 Å². The highest BCUT2D eigenvalue weighted by atomic mass is 127. The van der Waals surface area contributed by atoms with E-state index in [1.165, 1.54) is 0 Å². The van der Waals surface area contributed by atoms with E-state index < -0.39 is 17.2 Å². The number of hydrogen-bond acceptors (Lipinski definition) is 5. The number of aromatic amines is 1.